The molecular weight excluding hydrogens is 374 g/mol. The van der Waals surface area contributed by atoms with Crippen LogP contribution < -0.4 is 10.9 Å². The van der Waals surface area contributed by atoms with Crippen LogP contribution in [0.1, 0.15) is 38.2 Å². The second-order valence-corrected chi connectivity index (χ2v) is 8.41. The van der Waals surface area contributed by atoms with Gasteiger partial charge in [0.1, 0.15) is 0 Å². The Morgan fingerprint density at radius 1 is 1.18 bits per heavy atom. The van der Waals surface area contributed by atoms with Gasteiger partial charge in [-0.25, -0.2) is 4.98 Å². The minimum atomic E-state index is -0.433. The highest BCUT2D eigenvalue weighted by Gasteiger charge is 2.22. The van der Waals surface area contributed by atoms with Gasteiger partial charge in [0.25, 0.3) is 5.56 Å². The molecule has 148 valence electrons. The number of anilines is 1. The molecule has 2 aromatic heterocycles. The number of amides is 1. The van der Waals surface area contributed by atoms with E-state index in [4.69, 9.17) is 0 Å². The van der Waals surface area contributed by atoms with Gasteiger partial charge < -0.3 is 5.32 Å². The van der Waals surface area contributed by atoms with Crippen LogP contribution in [0.15, 0.2) is 34.2 Å². The standard InChI is InChI=1S/C20H25N5O2S/c1-11(2)25-19(27)15-9-7-8-10-16(15)21-20(25)28-14(5)18(26)22-17-12(3)23-24(6)13(17)4/h7-11,14H,1-6H3,(H,22,26)/t14-/m1/s1. The van der Waals surface area contributed by atoms with E-state index in [2.05, 4.69) is 15.4 Å². The van der Waals surface area contributed by atoms with Gasteiger partial charge in [-0.05, 0) is 46.8 Å². The topological polar surface area (TPSA) is 81.8 Å². The van der Waals surface area contributed by atoms with E-state index in [-0.39, 0.29) is 17.5 Å². The number of carbonyl (C=O) groups is 1. The molecule has 0 unspecified atom stereocenters. The van der Waals surface area contributed by atoms with E-state index < -0.39 is 5.25 Å². The van der Waals surface area contributed by atoms with Crippen LogP contribution in [0.25, 0.3) is 10.9 Å². The van der Waals surface area contributed by atoms with E-state index >= 15 is 0 Å². The summed E-state index contributed by atoms with van der Waals surface area (Å²) in [4.78, 5) is 30.4. The lowest BCUT2D eigenvalue weighted by atomic mass is 10.2. The van der Waals surface area contributed by atoms with Crippen molar-refractivity contribution in [2.45, 2.75) is 51.1 Å². The Hall–Kier alpha value is -2.61. The highest BCUT2D eigenvalue weighted by atomic mass is 32.2. The van der Waals surface area contributed by atoms with E-state index in [0.717, 1.165) is 17.1 Å². The van der Waals surface area contributed by atoms with Gasteiger partial charge in [-0.15, -0.1) is 0 Å². The normalized spacial score (nSPS) is 12.5. The summed E-state index contributed by atoms with van der Waals surface area (Å²) < 4.78 is 3.39. The number of rotatable bonds is 5. The molecule has 1 amide bonds. The average Bonchev–Trinajstić information content (AvgIpc) is 2.87. The van der Waals surface area contributed by atoms with E-state index in [9.17, 15) is 9.59 Å². The highest BCUT2D eigenvalue weighted by Crippen LogP contribution is 2.26. The first-order chi connectivity index (χ1) is 13.2. The van der Waals surface area contributed by atoms with Gasteiger partial charge in [-0.1, -0.05) is 23.9 Å². The average molecular weight is 400 g/mol. The van der Waals surface area contributed by atoms with Gasteiger partial charge in [0.05, 0.1) is 33.2 Å². The van der Waals surface area contributed by atoms with Crippen LogP contribution in [-0.4, -0.2) is 30.5 Å². The number of nitrogens with zero attached hydrogens (tertiary/aromatic N) is 4. The molecule has 7 nitrogen and oxygen atoms in total. The highest BCUT2D eigenvalue weighted by molar-refractivity contribution is 8.00. The zero-order valence-corrected chi connectivity index (χ0v) is 17.8. The SMILES string of the molecule is Cc1nn(C)c(C)c1NC(=O)[C@@H](C)Sc1nc2ccccc2c(=O)n1C(C)C. The summed E-state index contributed by atoms with van der Waals surface area (Å²) in [5.41, 5.74) is 2.94. The smallest absolute Gasteiger partial charge is 0.262 e. The number of aryl methyl sites for hydroxylation is 2. The first kappa shape index (κ1) is 20.1. The predicted octanol–water partition coefficient (Wildman–Crippen LogP) is 3.45. The monoisotopic (exact) mass is 399 g/mol. The van der Waals surface area contributed by atoms with Crippen molar-refractivity contribution in [3.8, 4) is 0 Å². The molecule has 3 rings (SSSR count). The van der Waals surface area contributed by atoms with Crippen LogP contribution in [0.5, 0.6) is 0 Å². The Bertz CT molecular complexity index is 1100. The first-order valence-electron chi connectivity index (χ1n) is 9.19. The van der Waals surface area contributed by atoms with Gasteiger partial charge in [-0.3, -0.25) is 18.8 Å². The molecule has 0 bridgehead atoms. The molecule has 0 aliphatic carbocycles. The van der Waals surface area contributed by atoms with Crippen LogP contribution in [0.4, 0.5) is 5.69 Å². The lowest BCUT2D eigenvalue weighted by Crippen LogP contribution is -2.28. The minimum Gasteiger partial charge on any atom is -0.322 e. The fraction of sp³-hybridized carbons (Fsp3) is 0.400. The first-order valence-corrected chi connectivity index (χ1v) is 10.1. The summed E-state index contributed by atoms with van der Waals surface area (Å²) in [5, 5.41) is 7.98. The van der Waals surface area contributed by atoms with Crippen molar-refractivity contribution in [1.29, 1.82) is 0 Å². The molecule has 3 aromatic rings. The number of benzene rings is 1. The molecule has 0 spiro atoms. The van der Waals surface area contributed by atoms with E-state index in [0.29, 0.717) is 16.1 Å². The molecule has 2 heterocycles. The van der Waals surface area contributed by atoms with Gasteiger partial charge in [-0.2, -0.15) is 5.10 Å². The zero-order chi connectivity index (χ0) is 20.6. The Morgan fingerprint density at radius 2 is 1.86 bits per heavy atom. The van der Waals surface area contributed by atoms with Gasteiger partial charge in [0.15, 0.2) is 5.16 Å². The van der Waals surface area contributed by atoms with Gasteiger partial charge in [0.2, 0.25) is 5.91 Å². The molecule has 8 heteroatoms. The molecule has 0 saturated heterocycles. The minimum absolute atomic E-state index is 0.0646. The van der Waals surface area contributed by atoms with Crippen molar-refractivity contribution in [2.75, 3.05) is 5.32 Å². The number of aromatic nitrogens is 4. The third kappa shape index (κ3) is 3.69. The van der Waals surface area contributed by atoms with Crippen LogP contribution >= 0.6 is 11.8 Å². The summed E-state index contributed by atoms with van der Waals surface area (Å²) >= 11 is 1.29. The Kier molecular flexibility index (Phi) is 5.60. The third-order valence-corrected chi connectivity index (χ3v) is 5.77. The second kappa shape index (κ2) is 7.79. The predicted molar refractivity (Wildman–Crippen MR) is 113 cm³/mol. The van der Waals surface area contributed by atoms with E-state index in [1.54, 1.807) is 15.3 Å². The number of hydrogen-bond donors (Lipinski definition) is 1. The lowest BCUT2D eigenvalue weighted by molar-refractivity contribution is -0.115. The van der Waals surface area contributed by atoms with Crippen LogP contribution in [0.2, 0.25) is 0 Å². The maximum absolute atomic E-state index is 12.9. The van der Waals surface area contributed by atoms with Gasteiger partial charge in [0, 0.05) is 13.1 Å². The third-order valence-electron chi connectivity index (χ3n) is 4.70. The molecule has 1 aromatic carbocycles. The van der Waals surface area contributed by atoms with E-state index in [1.165, 1.54) is 11.8 Å². The number of carbonyl (C=O) groups excluding carboxylic acids is 1. The molecule has 0 radical (unpaired) electrons. The molecule has 0 aliphatic heterocycles. The maximum Gasteiger partial charge on any atom is 0.262 e. The Morgan fingerprint density at radius 3 is 2.46 bits per heavy atom. The molecular formula is C20H25N5O2S. The number of hydrogen-bond acceptors (Lipinski definition) is 5. The van der Waals surface area contributed by atoms with Gasteiger partial charge >= 0.3 is 0 Å². The summed E-state index contributed by atoms with van der Waals surface area (Å²) in [6, 6.07) is 7.22. The second-order valence-electron chi connectivity index (χ2n) is 7.10. The Balaban J connectivity index is 1.92. The number of thioether (sulfide) groups is 1. The summed E-state index contributed by atoms with van der Waals surface area (Å²) in [5.74, 6) is -0.151. The number of para-hydroxylation sites is 1. The molecule has 1 N–H and O–H groups in total. The lowest BCUT2D eigenvalue weighted by Gasteiger charge is -2.18. The van der Waals surface area contributed by atoms with Crippen molar-refractivity contribution in [1.82, 2.24) is 19.3 Å². The van der Waals surface area contributed by atoms with Crippen LogP contribution in [-0.2, 0) is 11.8 Å². The number of fused-ring (bicyclic) bond motifs is 1. The van der Waals surface area contributed by atoms with E-state index in [1.807, 2.05) is 59.9 Å². The fourth-order valence-corrected chi connectivity index (χ4v) is 4.10. The largest absolute Gasteiger partial charge is 0.322 e. The van der Waals surface area contributed by atoms with Crippen molar-refractivity contribution >= 4 is 34.3 Å². The Labute approximate surface area is 168 Å². The molecule has 28 heavy (non-hydrogen) atoms. The molecule has 1 atom stereocenters. The number of nitrogens with one attached hydrogen (secondary N) is 1. The summed E-state index contributed by atoms with van der Waals surface area (Å²) in [7, 11) is 1.84. The van der Waals surface area contributed by atoms with Crippen molar-refractivity contribution in [2.24, 2.45) is 7.05 Å². The van der Waals surface area contributed by atoms with Crippen LogP contribution in [0.3, 0.4) is 0 Å². The quantitative estimate of drug-likeness (QED) is 0.525. The summed E-state index contributed by atoms with van der Waals surface area (Å²) in [6.45, 7) is 9.47. The van der Waals surface area contributed by atoms with Crippen molar-refractivity contribution in [3.05, 3.63) is 46.0 Å². The van der Waals surface area contributed by atoms with Crippen molar-refractivity contribution < 1.29 is 4.79 Å². The molecule has 0 saturated carbocycles. The fourth-order valence-electron chi connectivity index (χ4n) is 3.06. The molecule has 0 aliphatic rings. The summed E-state index contributed by atoms with van der Waals surface area (Å²) in [6.07, 6.45) is 0. The zero-order valence-electron chi connectivity index (χ0n) is 17.0. The van der Waals surface area contributed by atoms with Crippen LogP contribution in [0, 0.1) is 13.8 Å². The maximum atomic E-state index is 12.9. The molecule has 0 fully saturated rings. The van der Waals surface area contributed by atoms with Crippen molar-refractivity contribution in [3.63, 3.8) is 0 Å².